The number of rotatable bonds is 5. The molecule has 0 bridgehead atoms. The minimum absolute atomic E-state index is 0.309. The highest BCUT2D eigenvalue weighted by atomic mass is 16.8. The molecule has 0 aromatic heterocycles. The van der Waals surface area contributed by atoms with Crippen molar-refractivity contribution in [2.45, 2.75) is 62.7 Å². The fourth-order valence-electron chi connectivity index (χ4n) is 4.04. The summed E-state index contributed by atoms with van der Waals surface area (Å²) in [5.74, 6) is -1.40. The van der Waals surface area contributed by atoms with Gasteiger partial charge in [0, 0.05) is 19.4 Å². The van der Waals surface area contributed by atoms with E-state index in [2.05, 4.69) is 0 Å². The molecular weight excluding hydrogens is 392 g/mol. The molecule has 166 valence electrons. The van der Waals surface area contributed by atoms with E-state index in [1.54, 1.807) is 6.92 Å². The predicted molar refractivity (Wildman–Crippen MR) is 92.8 cm³/mol. The van der Waals surface area contributed by atoms with Gasteiger partial charge in [-0.1, -0.05) is 0 Å². The average Bonchev–Trinajstić information content (AvgIpc) is 2.73. The Hall–Kier alpha value is -1.31. The zero-order chi connectivity index (χ0) is 21.3. The van der Waals surface area contributed by atoms with Crippen LogP contribution in [-0.2, 0) is 33.2 Å². The highest BCUT2D eigenvalue weighted by molar-refractivity contribution is 5.88. The Bertz CT molecular complexity index is 609. The van der Waals surface area contributed by atoms with Gasteiger partial charge < -0.3 is 48.8 Å². The Morgan fingerprint density at radius 3 is 2.48 bits per heavy atom. The summed E-state index contributed by atoms with van der Waals surface area (Å²) in [6.45, 7) is 1.19. The minimum Gasteiger partial charge on any atom is -0.471 e. The maximum Gasteiger partial charge on any atom is 0.337 e. The highest BCUT2D eigenvalue weighted by Crippen LogP contribution is 2.43. The van der Waals surface area contributed by atoms with Gasteiger partial charge in [0.05, 0.1) is 37.6 Å². The summed E-state index contributed by atoms with van der Waals surface area (Å²) in [6.07, 6.45) is -7.54. The molecule has 2 fully saturated rings. The molecule has 11 nitrogen and oxygen atoms in total. The first kappa shape index (κ1) is 22.4. The van der Waals surface area contributed by atoms with Crippen LogP contribution in [0.5, 0.6) is 0 Å². The Morgan fingerprint density at radius 2 is 1.86 bits per heavy atom. The van der Waals surface area contributed by atoms with Crippen LogP contribution in [0.15, 0.2) is 11.8 Å². The third-order valence-corrected chi connectivity index (χ3v) is 5.66. The zero-order valence-electron chi connectivity index (χ0n) is 16.4. The maximum absolute atomic E-state index is 12.2. The summed E-state index contributed by atoms with van der Waals surface area (Å²) in [5, 5.41) is 39.5. The molecule has 0 aliphatic carbocycles. The third kappa shape index (κ3) is 4.28. The molecular formula is C18H28O11. The number of esters is 1. The zero-order valence-corrected chi connectivity index (χ0v) is 16.4. The molecule has 2 saturated heterocycles. The molecule has 3 heterocycles. The van der Waals surface area contributed by atoms with E-state index in [1.807, 2.05) is 0 Å². The molecule has 0 aromatic rings. The van der Waals surface area contributed by atoms with Crippen molar-refractivity contribution in [3.05, 3.63) is 11.8 Å². The molecule has 29 heavy (non-hydrogen) atoms. The number of fused-ring (bicyclic) bond motifs is 1. The first-order valence-electron chi connectivity index (χ1n) is 9.40. The summed E-state index contributed by atoms with van der Waals surface area (Å²) in [4.78, 5) is 12.2. The fourth-order valence-corrected chi connectivity index (χ4v) is 4.04. The standard InChI is InChI=1S/C18H28O11/c1-7-12-8(4-11(24-2)27-7)9(16(23)25-3)6-26-17(12)29-18-15(22)14(21)13(20)10(5-19)28-18/h6-8,10-15,17-22H,4-5H2,1-3H3/t7-,8?,10+,11+,12?,13+,14-,15+,17-,18-/m0/s1. The Kier molecular flexibility index (Phi) is 7.12. The lowest BCUT2D eigenvalue weighted by Crippen LogP contribution is -2.61. The lowest BCUT2D eigenvalue weighted by Gasteiger charge is -2.47. The van der Waals surface area contributed by atoms with Gasteiger partial charge in [0.15, 0.2) is 12.6 Å². The molecule has 11 heteroatoms. The molecule has 3 aliphatic heterocycles. The molecule has 4 N–H and O–H groups in total. The highest BCUT2D eigenvalue weighted by Gasteiger charge is 2.51. The van der Waals surface area contributed by atoms with Crippen LogP contribution in [-0.4, -0.2) is 96.6 Å². The number of carbonyl (C=O) groups is 1. The molecule has 10 atom stereocenters. The number of methoxy groups -OCH3 is 2. The molecule has 0 spiro atoms. The molecule has 0 amide bonds. The Balaban J connectivity index is 1.82. The monoisotopic (exact) mass is 420 g/mol. The van der Waals surface area contributed by atoms with E-state index in [4.69, 9.17) is 28.4 Å². The number of hydrogen-bond donors (Lipinski definition) is 4. The third-order valence-electron chi connectivity index (χ3n) is 5.66. The Labute approximate surface area is 167 Å². The topological polar surface area (TPSA) is 153 Å². The fraction of sp³-hybridized carbons (Fsp3) is 0.833. The van der Waals surface area contributed by atoms with Crippen molar-refractivity contribution in [2.75, 3.05) is 20.8 Å². The van der Waals surface area contributed by atoms with E-state index in [1.165, 1.54) is 20.5 Å². The molecule has 0 saturated carbocycles. The van der Waals surface area contributed by atoms with Crippen molar-refractivity contribution in [2.24, 2.45) is 11.8 Å². The van der Waals surface area contributed by atoms with E-state index in [-0.39, 0.29) is 5.92 Å². The van der Waals surface area contributed by atoms with Crippen LogP contribution in [0.3, 0.4) is 0 Å². The van der Waals surface area contributed by atoms with Crippen LogP contribution in [0.4, 0.5) is 0 Å². The van der Waals surface area contributed by atoms with Gasteiger partial charge in [0.1, 0.15) is 24.4 Å². The minimum atomic E-state index is -1.58. The number of aliphatic hydroxyl groups excluding tert-OH is 4. The van der Waals surface area contributed by atoms with E-state index >= 15 is 0 Å². The quantitative estimate of drug-likeness (QED) is 0.374. The summed E-state index contributed by atoms with van der Waals surface area (Å²) >= 11 is 0. The van der Waals surface area contributed by atoms with Crippen LogP contribution < -0.4 is 0 Å². The average molecular weight is 420 g/mol. The van der Waals surface area contributed by atoms with Gasteiger partial charge in [-0.05, 0) is 6.92 Å². The van der Waals surface area contributed by atoms with Crippen LogP contribution in [0.1, 0.15) is 13.3 Å². The molecule has 0 radical (unpaired) electrons. The van der Waals surface area contributed by atoms with Gasteiger partial charge in [0.2, 0.25) is 6.29 Å². The summed E-state index contributed by atoms with van der Waals surface area (Å²) in [7, 11) is 2.77. The van der Waals surface area contributed by atoms with Crippen molar-refractivity contribution < 1.29 is 53.6 Å². The first-order valence-corrected chi connectivity index (χ1v) is 9.40. The van der Waals surface area contributed by atoms with Crippen molar-refractivity contribution in [1.29, 1.82) is 0 Å². The second-order valence-corrected chi connectivity index (χ2v) is 7.33. The number of aliphatic hydroxyl groups is 4. The van der Waals surface area contributed by atoms with Gasteiger partial charge >= 0.3 is 5.97 Å². The number of carbonyl (C=O) groups excluding carboxylic acids is 1. The van der Waals surface area contributed by atoms with Gasteiger partial charge in [-0.25, -0.2) is 4.79 Å². The Morgan fingerprint density at radius 1 is 1.14 bits per heavy atom. The number of ether oxygens (including phenoxy) is 6. The van der Waals surface area contributed by atoms with E-state index in [9.17, 15) is 25.2 Å². The predicted octanol–water partition coefficient (Wildman–Crippen LogP) is -1.77. The second-order valence-electron chi connectivity index (χ2n) is 7.33. The van der Waals surface area contributed by atoms with Crippen LogP contribution in [0, 0.1) is 11.8 Å². The van der Waals surface area contributed by atoms with Crippen LogP contribution in [0.25, 0.3) is 0 Å². The van der Waals surface area contributed by atoms with Crippen molar-refractivity contribution in [3.63, 3.8) is 0 Å². The van der Waals surface area contributed by atoms with Crippen LogP contribution >= 0.6 is 0 Å². The van der Waals surface area contributed by atoms with E-state index in [0.717, 1.165) is 0 Å². The molecule has 0 aromatic carbocycles. The van der Waals surface area contributed by atoms with Gasteiger partial charge in [0.25, 0.3) is 0 Å². The maximum atomic E-state index is 12.2. The summed E-state index contributed by atoms with van der Waals surface area (Å²) in [5.41, 5.74) is 0.309. The summed E-state index contributed by atoms with van der Waals surface area (Å²) < 4.78 is 32.7. The normalized spacial score (nSPS) is 45.0. The lowest BCUT2D eigenvalue weighted by molar-refractivity contribution is -0.352. The second kappa shape index (κ2) is 9.23. The van der Waals surface area contributed by atoms with Crippen molar-refractivity contribution in [1.82, 2.24) is 0 Å². The molecule has 3 aliphatic rings. The van der Waals surface area contributed by atoms with Gasteiger partial charge in [-0.15, -0.1) is 0 Å². The van der Waals surface area contributed by atoms with Crippen LogP contribution in [0.2, 0.25) is 0 Å². The smallest absolute Gasteiger partial charge is 0.337 e. The molecule has 2 unspecified atom stereocenters. The van der Waals surface area contributed by atoms with Crippen molar-refractivity contribution in [3.8, 4) is 0 Å². The number of hydrogen-bond acceptors (Lipinski definition) is 11. The largest absolute Gasteiger partial charge is 0.471 e. The van der Waals surface area contributed by atoms with Crippen molar-refractivity contribution >= 4 is 5.97 Å². The van der Waals surface area contributed by atoms with Gasteiger partial charge in [-0.3, -0.25) is 0 Å². The lowest BCUT2D eigenvalue weighted by atomic mass is 9.77. The van der Waals surface area contributed by atoms with E-state index in [0.29, 0.717) is 12.0 Å². The SMILES string of the molecule is COC(=O)C1=CO[C@@H](O[C@@H]2O[C@H](CO)[C@@H](O)[C@H](O)[C@H]2O)C2C1C[C@H](OC)O[C@H]2C. The first-order chi connectivity index (χ1) is 13.8. The summed E-state index contributed by atoms with van der Waals surface area (Å²) in [6, 6.07) is 0. The van der Waals surface area contributed by atoms with E-state index < -0.39 is 67.9 Å². The molecule has 3 rings (SSSR count). The van der Waals surface area contributed by atoms with Gasteiger partial charge in [-0.2, -0.15) is 0 Å².